The predicted octanol–water partition coefficient (Wildman–Crippen LogP) is 4.25. The smallest absolute Gasteiger partial charge is 0.133 e. The molecule has 2 aromatic rings. The molecular weight excluding hydrogens is 302 g/mol. The van der Waals surface area contributed by atoms with Crippen molar-refractivity contribution in [3.05, 3.63) is 58.6 Å². The maximum atomic E-state index is 6.09. The summed E-state index contributed by atoms with van der Waals surface area (Å²) < 4.78 is 7.10. The van der Waals surface area contributed by atoms with Crippen LogP contribution in [0.5, 0.6) is 5.75 Å². The second-order valence-electron chi connectivity index (χ2n) is 4.75. The van der Waals surface area contributed by atoms with E-state index in [-0.39, 0.29) is 6.10 Å². The molecule has 19 heavy (non-hydrogen) atoms. The summed E-state index contributed by atoms with van der Waals surface area (Å²) in [5.41, 5.74) is 2.61. The lowest BCUT2D eigenvalue weighted by Crippen LogP contribution is -2.25. The molecule has 0 radical (unpaired) electrons. The number of nitrogens with one attached hydrogen (secondary N) is 1. The summed E-state index contributed by atoms with van der Waals surface area (Å²) in [4.78, 5) is 0. The molecule has 3 rings (SSSR count). The van der Waals surface area contributed by atoms with Gasteiger partial charge in [0.15, 0.2) is 0 Å². The van der Waals surface area contributed by atoms with Crippen LogP contribution in [0.25, 0.3) is 0 Å². The Morgan fingerprint density at radius 3 is 2.74 bits per heavy atom. The lowest BCUT2D eigenvalue weighted by atomic mass is 10.1. The summed E-state index contributed by atoms with van der Waals surface area (Å²) >= 11 is 3.53. The first-order chi connectivity index (χ1) is 9.33. The number of benzene rings is 2. The van der Waals surface area contributed by atoms with Crippen molar-refractivity contribution in [1.82, 2.24) is 0 Å². The summed E-state index contributed by atoms with van der Waals surface area (Å²) in [6, 6.07) is 16.5. The number of ether oxygens (including phenoxy) is 1. The number of rotatable bonds is 2. The Labute approximate surface area is 121 Å². The molecule has 2 aromatic carbocycles. The third-order valence-corrected chi connectivity index (χ3v) is 4.06. The van der Waals surface area contributed by atoms with Crippen molar-refractivity contribution >= 4 is 21.6 Å². The van der Waals surface area contributed by atoms with Crippen LogP contribution >= 0.6 is 15.9 Å². The van der Waals surface area contributed by atoms with E-state index in [0.29, 0.717) is 0 Å². The van der Waals surface area contributed by atoms with Crippen molar-refractivity contribution < 1.29 is 4.74 Å². The maximum absolute atomic E-state index is 6.09. The highest BCUT2D eigenvalue weighted by Gasteiger charge is 2.17. The molecule has 1 atom stereocenters. The first-order valence-corrected chi connectivity index (χ1v) is 7.35. The fraction of sp³-hybridized carbons (Fsp3) is 0.250. The molecule has 0 spiro atoms. The minimum Gasteiger partial charge on any atom is -0.487 e. The standard InChI is InChI=1S/C16H16BrNO/c17-14-6-2-4-8-16(14)19-13-10-9-12-5-1-3-7-15(12)18-11-13/h1-8,13,18H,9-11H2. The van der Waals surface area contributed by atoms with Crippen molar-refractivity contribution in [3.63, 3.8) is 0 Å². The number of fused-ring (bicyclic) bond motifs is 1. The van der Waals surface area contributed by atoms with Gasteiger partial charge in [0.05, 0.1) is 11.0 Å². The van der Waals surface area contributed by atoms with Crippen LogP contribution in [0.1, 0.15) is 12.0 Å². The molecule has 1 aliphatic heterocycles. The van der Waals surface area contributed by atoms with Crippen LogP contribution in [0.15, 0.2) is 53.0 Å². The first-order valence-electron chi connectivity index (χ1n) is 6.56. The Morgan fingerprint density at radius 2 is 1.84 bits per heavy atom. The van der Waals surface area contributed by atoms with Gasteiger partial charge in [0.1, 0.15) is 11.9 Å². The largest absolute Gasteiger partial charge is 0.487 e. The summed E-state index contributed by atoms with van der Waals surface area (Å²) in [6.07, 6.45) is 2.29. The quantitative estimate of drug-likeness (QED) is 0.893. The van der Waals surface area contributed by atoms with Gasteiger partial charge < -0.3 is 10.1 Å². The van der Waals surface area contributed by atoms with Gasteiger partial charge in [-0.2, -0.15) is 0 Å². The zero-order chi connectivity index (χ0) is 13.1. The molecule has 0 aliphatic carbocycles. The van der Waals surface area contributed by atoms with Gasteiger partial charge in [-0.1, -0.05) is 30.3 Å². The number of hydrogen-bond acceptors (Lipinski definition) is 2. The fourth-order valence-corrected chi connectivity index (χ4v) is 2.75. The van der Waals surface area contributed by atoms with Gasteiger partial charge in [0, 0.05) is 5.69 Å². The van der Waals surface area contributed by atoms with Gasteiger partial charge >= 0.3 is 0 Å². The molecule has 0 fully saturated rings. The highest BCUT2D eigenvalue weighted by atomic mass is 79.9. The molecule has 0 aromatic heterocycles. The average molecular weight is 318 g/mol. The Bertz CT molecular complexity index is 543. The van der Waals surface area contributed by atoms with Crippen molar-refractivity contribution in [3.8, 4) is 5.75 Å². The Balaban J connectivity index is 1.71. The Hall–Kier alpha value is -1.48. The SMILES string of the molecule is Brc1ccccc1OC1CCc2ccccc2NC1. The van der Waals surface area contributed by atoms with Gasteiger partial charge in [-0.3, -0.25) is 0 Å². The number of aryl methyl sites for hydroxylation is 1. The lowest BCUT2D eigenvalue weighted by molar-refractivity contribution is 0.205. The second kappa shape index (κ2) is 5.66. The van der Waals surface area contributed by atoms with Crippen LogP contribution in [0.2, 0.25) is 0 Å². The van der Waals surface area contributed by atoms with Crippen molar-refractivity contribution in [2.24, 2.45) is 0 Å². The minimum atomic E-state index is 0.200. The number of para-hydroxylation sites is 2. The van der Waals surface area contributed by atoms with E-state index in [4.69, 9.17) is 4.74 Å². The van der Waals surface area contributed by atoms with Crippen LogP contribution in [0.4, 0.5) is 5.69 Å². The monoisotopic (exact) mass is 317 g/mol. The third-order valence-electron chi connectivity index (χ3n) is 3.40. The fourth-order valence-electron chi connectivity index (χ4n) is 2.37. The van der Waals surface area contributed by atoms with E-state index in [1.807, 2.05) is 24.3 Å². The van der Waals surface area contributed by atoms with Crippen LogP contribution in [-0.2, 0) is 6.42 Å². The third kappa shape index (κ3) is 2.92. The van der Waals surface area contributed by atoms with Crippen molar-refractivity contribution in [2.75, 3.05) is 11.9 Å². The van der Waals surface area contributed by atoms with E-state index in [9.17, 15) is 0 Å². The maximum Gasteiger partial charge on any atom is 0.133 e. The van der Waals surface area contributed by atoms with Crippen molar-refractivity contribution in [1.29, 1.82) is 0 Å². The van der Waals surface area contributed by atoms with E-state index < -0.39 is 0 Å². The minimum absolute atomic E-state index is 0.200. The normalized spacial score (nSPS) is 18.1. The van der Waals surface area contributed by atoms with E-state index in [2.05, 4.69) is 45.5 Å². The topological polar surface area (TPSA) is 21.3 Å². The van der Waals surface area contributed by atoms with Gasteiger partial charge in [0.2, 0.25) is 0 Å². The zero-order valence-corrected chi connectivity index (χ0v) is 12.2. The van der Waals surface area contributed by atoms with Gasteiger partial charge in [-0.15, -0.1) is 0 Å². The first kappa shape index (κ1) is 12.5. The van der Waals surface area contributed by atoms with E-state index in [1.54, 1.807) is 0 Å². The zero-order valence-electron chi connectivity index (χ0n) is 10.6. The molecule has 0 saturated carbocycles. The number of hydrogen-bond donors (Lipinski definition) is 1. The Kier molecular flexibility index (Phi) is 3.74. The molecule has 1 unspecified atom stereocenters. The second-order valence-corrected chi connectivity index (χ2v) is 5.60. The number of halogens is 1. The summed E-state index contributed by atoms with van der Waals surface area (Å²) in [6.45, 7) is 0.846. The van der Waals surface area contributed by atoms with Crippen molar-refractivity contribution in [2.45, 2.75) is 18.9 Å². The molecule has 2 nitrogen and oxygen atoms in total. The number of anilines is 1. The Morgan fingerprint density at radius 1 is 1.05 bits per heavy atom. The molecule has 1 aliphatic rings. The van der Waals surface area contributed by atoms with E-state index in [0.717, 1.165) is 29.6 Å². The molecule has 3 heteroatoms. The highest BCUT2D eigenvalue weighted by molar-refractivity contribution is 9.10. The predicted molar refractivity (Wildman–Crippen MR) is 81.8 cm³/mol. The molecule has 1 N–H and O–H groups in total. The van der Waals surface area contributed by atoms with Crippen LogP contribution < -0.4 is 10.1 Å². The summed E-state index contributed by atoms with van der Waals surface area (Å²) in [5.74, 6) is 0.917. The lowest BCUT2D eigenvalue weighted by Gasteiger charge is -2.18. The van der Waals surface area contributed by atoms with E-state index in [1.165, 1.54) is 11.3 Å². The molecule has 0 amide bonds. The van der Waals surface area contributed by atoms with Gasteiger partial charge in [0.25, 0.3) is 0 Å². The van der Waals surface area contributed by atoms with Gasteiger partial charge in [-0.05, 0) is 52.5 Å². The van der Waals surface area contributed by atoms with Crippen LogP contribution in [0.3, 0.4) is 0 Å². The molecule has 1 heterocycles. The molecule has 0 bridgehead atoms. The molecule has 98 valence electrons. The van der Waals surface area contributed by atoms with E-state index >= 15 is 0 Å². The van der Waals surface area contributed by atoms with Crippen LogP contribution in [-0.4, -0.2) is 12.6 Å². The van der Waals surface area contributed by atoms with Crippen LogP contribution in [0, 0.1) is 0 Å². The average Bonchev–Trinajstić information content (AvgIpc) is 2.64. The summed E-state index contributed by atoms with van der Waals surface area (Å²) in [7, 11) is 0. The molecular formula is C16H16BrNO. The van der Waals surface area contributed by atoms with Gasteiger partial charge in [-0.25, -0.2) is 0 Å². The summed E-state index contributed by atoms with van der Waals surface area (Å²) in [5, 5.41) is 3.47. The highest BCUT2D eigenvalue weighted by Crippen LogP contribution is 2.27. The molecule has 0 saturated heterocycles.